The molecule has 0 saturated carbocycles. The first-order chi connectivity index (χ1) is 4.74. The highest BCUT2D eigenvalue weighted by molar-refractivity contribution is 6.69. The highest BCUT2D eigenvalue weighted by Gasteiger charge is 2.33. The summed E-state index contributed by atoms with van der Waals surface area (Å²) in [5.41, 5.74) is 0. The third-order valence-corrected chi connectivity index (χ3v) is 10.1. The molecule has 0 rings (SSSR count). The van der Waals surface area contributed by atoms with Gasteiger partial charge in [0.2, 0.25) is 0 Å². The maximum atomic E-state index is 5.38. The van der Waals surface area contributed by atoms with Gasteiger partial charge in [0.15, 0.2) is 0 Å². The van der Waals surface area contributed by atoms with Crippen LogP contribution in [-0.2, 0) is 12.3 Å². The molecule has 10 heavy (non-hydrogen) atoms. The molecule has 3 nitrogen and oxygen atoms in total. The molecule has 0 aromatic carbocycles. The fourth-order valence-corrected chi connectivity index (χ4v) is 10.4. The van der Waals surface area contributed by atoms with Gasteiger partial charge < -0.3 is 12.3 Å². The van der Waals surface area contributed by atoms with Crippen molar-refractivity contribution in [2.75, 3.05) is 0 Å². The Labute approximate surface area is 72.4 Å². The number of hydrogen-bond donors (Lipinski definition) is 0. The first-order valence-corrected chi connectivity index (χ1v) is 7.78. The van der Waals surface area contributed by atoms with Crippen molar-refractivity contribution in [1.82, 2.24) is 0 Å². The molecule has 0 atom stereocenters. The fourth-order valence-electron chi connectivity index (χ4n) is 0.862. The normalized spacial score (nSPS) is 17.7. The van der Waals surface area contributed by atoms with Crippen LogP contribution < -0.4 is 0 Å². The largest absolute Gasteiger partial charge is 0.467 e. The predicted octanol–water partition coefficient (Wildman–Crippen LogP) is -2.77. The lowest BCUT2D eigenvalue weighted by Crippen LogP contribution is -2.43. The van der Waals surface area contributed by atoms with Gasteiger partial charge in [-0.15, -0.1) is 0 Å². The van der Waals surface area contributed by atoms with Crippen LogP contribution in [0.2, 0.25) is 6.04 Å². The van der Waals surface area contributed by atoms with Crippen molar-refractivity contribution < 1.29 is 12.3 Å². The molecule has 0 aliphatic heterocycles. The van der Waals surface area contributed by atoms with Crippen molar-refractivity contribution in [2.45, 2.75) is 19.4 Å². The zero-order valence-corrected chi connectivity index (χ0v) is 14.1. The first kappa shape index (κ1) is 10.7. The van der Waals surface area contributed by atoms with Gasteiger partial charge in [0, 0.05) is 6.04 Å². The number of hydrogen-bond acceptors (Lipinski definition) is 3. The second-order valence-corrected chi connectivity index (χ2v) is 8.81. The Balaban J connectivity index is 3.87. The molecule has 0 N–H and O–H groups in total. The summed E-state index contributed by atoms with van der Waals surface area (Å²) >= 11 is 0. The van der Waals surface area contributed by atoms with Gasteiger partial charge in [-0.3, -0.25) is 0 Å². The van der Waals surface area contributed by atoms with Crippen LogP contribution in [0.4, 0.5) is 0 Å². The van der Waals surface area contributed by atoms with E-state index < -0.39 is 8.80 Å². The van der Waals surface area contributed by atoms with E-state index in [9.17, 15) is 0 Å². The zero-order valence-electron chi connectivity index (χ0n) is 7.14. The maximum absolute atomic E-state index is 5.38. The summed E-state index contributed by atoms with van der Waals surface area (Å²) in [6.07, 6.45) is 1.10. The lowest BCUT2D eigenvalue weighted by atomic mass is 10.6. The van der Waals surface area contributed by atoms with Crippen LogP contribution in [-0.4, -0.2) is 40.3 Å². The average Bonchev–Trinajstić information content (AvgIpc) is 2.01. The Morgan fingerprint density at radius 2 is 1.50 bits per heavy atom. The molecule has 0 aliphatic carbocycles. The van der Waals surface area contributed by atoms with E-state index in [1.807, 2.05) is 0 Å². The van der Waals surface area contributed by atoms with Crippen LogP contribution in [0.15, 0.2) is 0 Å². The molecule has 0 bridgehead atoms. The molecule has 0 saturated heterocycles. The summed E-state index contributed by atoms with van der Waals surface area (Å²) in [5, 5.41) is 0. The van der Waals surface area contributed by atoms with Crippen molar-refractivity contribution in [2.24, 2.45) is 0 Å². The van der Waals surface area contributed by atoms with Crippen molar-refractivity contribution in [3.63, 3.8) is 0 Å². The fraction of sp³-hybridized carbons (Fsp3) is 1.00. The molecule has 0 spiro atoms. The summed E-state index contributed by atoms with van der Waals surface area (Å²) in [6.45, 7) is 2.13. The lowest BCUT2D eigenvalue weighted by molar-refractivity contribution is 0.293. The van der Waals surface area contributed by atoms with Crippen LogP contribution in [0.3, 0.4) is 0 Å². The van der Waals surface area contributed by atoms with Gasteiger partial charge in [0.05, 0.1) is 0 Å². The van der Waals surface area contributed by atoms with Crippen LogP contribution in [0.25, 0.3) is 0 Å². The summed E-state index contributed by atoms with van der Waals surface area (Å²) in [6, 6.07) is 0.990. The molecule has 0 amide bonds. The minimum absolute atomic E-state index is 0.736. The maximum Gasteiger partial charge on any atom is 0.467 e. The summed E-state index contributed by atoms with van der Waals surface area (Å²) < 4.78 is 16.1. The van der Waals surface area contributed by atoms with Gasteiger partial charge in [0.25, 0.3) is 0 Å². The third kappa shape index (κ3) is 2.78. The zero-order chi connectivity index (χ0) is 8.04. The van der Waals surface area contributed by atoms with Gasteiger partial charge in [-0.2, -0.15) is 0 Å². The van der Waals surface area contributed by atoms with E-state index in [1.54, 1.807) is 0 Å². The smallest absolute Gasteiger partial charge is 0.425 e. The minimum Gasteiger partial charge on any atom is -0.425 e. The van der Waals surface area contributed by atoms with E-state index in [-0.39, 0.29) is 0 Å². The predicted molar refractivity (Wildman–Crippen MR) is 53.9 cm³/mol. The Hall–Kier alpha value is 0.748. The monoisotopic (exact) mass is 212 g/mol. The molecule has 62 valence electrons. The standard InChI is InChI=1S/C3H16O3Si4/c1-2-3-10(4-7,5-8)6-9/h2-3H2,1,7-9H3. The van der Waals surface area contributed by atoms with Gasteiger partial charge in [-0.05, 0) is 0 Å². The second kappa shape index (κ2) is 5.40. The van der Waals surface area contributed by atoms with E-state index in [1.165, 1.54) is 0 Å². The molecule has 0 fully saturated rings. The summed E-state index contributed by atoms with van der Waals surface area (Å²) in [5.74, 6) is 0. The molecule has 0 radical (unpaired) electrons. The molecule has 0 unspecified atom stereocenters. The molecule has 0 heterocycles. The van der Waals surface area contributed by atoms with Crippen molar-refractivity contribution in [3.8, 4) is 0 Å². The van der Waals surface area contributed by atoms with Crippen LogP contribution in [0, 0.1) is 0 Å². The summed E-state index contributed by atoms with van der Waals surface area (Å²) in [4.78, 5) is 0. The van der Waals surface area contributed by atoms with Crippen LogP contribution in [0.5, 0.6) is 0 Å². The highest BCUT2D eigenvalue weighted by Crippen LogP contribution is 2.12. The molecule has 0 aromatic heterocycles. The number of rotatable bonds is 5. The lowest BCUT2D eigenvalue weighted by Gasteiger charge is -2.25. The quantitative estimate of drug-likeness (QED) is 0.462. The van der Waals surface area contributed by atoms with E-state index in [2.05, 4.69) is 6.92 Å². The summed E-state index contributed by atoms with van der Waals surface area (Å²) in [7, 11) is 0.175. The van der Waals surface area contributed by atoms with E-state index >= 15 is 0 Å². The average molecular weight is 213 g/mol. The topological polar surface area (TPSA) is 27.7 Å². The van der Waals surface area contributed by atoms with Gasteiger partial charge >= 0.3 is 8.80 Å². The van der Waals surface area contributed by atoms with E-state index in [4.69, 9.17) is 12.3 Å². The molecular weight excluding hydrogens is 196 g/mol. The Morgan fingerprint density at radius 1 is 1.10 bits per heavy atom. The van der Waals surface area contributed by atoms with Crippen LogP contribution >= 0.6 is 0 Å². The molecule has 0 aliphatic rings. The molecule has 0 aromatic rings. The Bertz CT molecular complexity index is 77.6. The van der Waals surface area contributed by atoms with E-state index in [0.717, 1.165) is 43.9 Å². The first-order valence-electron chi connectivity index (χ1n) is 3.40. The minimum atomic E-state index is -2.03. The van der Waals surface area contributed by atoms with Gasteiger partial charge in [0.1, 0.15) is 31.5 Å². The Kier molecular flexibility index (Phi) is 5.81. The third-order valence-electron chi connectivity index (χ3n) is 1.49. The molecular formula is C3H16O3Si4. The van der Waals surface area contributed by atoms with E-state index in [0.29, 0.717) is 0 Å². The van der Waals surface area contributed by atoms with Crippen LogP contribution in [0.1, 0.15) is 13.3 Å². The van der Waals surface area contributed by atoms with Gasteiger partial charge in [-0.25, -0.2) is 0 Å². The van der Waals surface area contributed by atoms with Gasteiger partial charge in [-0.1, -0.05) is 13.3 Å². The van der Waals surface area contributed by atoms with Crippen molar-refractivity contribution in [1.29, 1.82) is 0 Å². The second-order valence-electron chi connectivity index (χ2n) is 2.05. The SMILES string of the molecule is CCC[Si](O[SiH3])(O[SiH3])O[SiH3]. The Morgan fingerprint density at radius 3 is 1.60 bits per heavy atom. The van der Waals surface area contributed by atoms with Crippen molar-refractivity contribution in [3.05, 3.63) is 0 Å². The highest BCUT2D eigenvalue weighted by atomic mass is 28.5. The molecule has 7 heteroatoms. The van der Waals surface area contributed by atoms with Crippen molar-refractivity contribution >= 4 is 40.3 Å².